The van der Waals surface area contributed by atoms with E-state index in [4.69, 9.17) is 0 Å². The van der Waals surface area contributed by atoms with Gasteiger partial charge >= 0.3 is 0 Å². The molecule has 1 unspecified atom stereocenters. The van der Waals surface area contributed by atoms with E-state index < -0.39 is 0 Å². The first-order valence-corrected chi connectivity index (χ1v) is 7.12. The lowest BCUT2D eigenvalue weighted by molar-refractivity contribution is -0.124. The van der Waals surface area contributed by atoms with Crippen LogP contribution in [0.25, 0.3) is 0 Å². The van der Waals surface area contributed by atoms with Crippen molar-refractivity contribution in [1.29, 1.82) is 0 Å². The molecule has 0 bridgehead atoms. The van der Waals surface area contributed by atoms with Crippen LogP contribution in [0.1, 0.15) is 51.4 Å². The molecule has 0 aliphatic carbocycles. The number of carbonyl (C=O) groups excluding carboxylic acids is 1. The standard InChI is InChI=1S/C14H24N4O/c1-10(2)7-17-14(19)11(3)18-9-15-8-13(18)12-5-4-6-16-12/h8-12,16H,4-7H2,1-3H3,(H,17,19)/t11?,12-/m0/s1. The fraction of sp³-hybridized carbons (Fsp3) is 0.714. The summed E-state index contributed by atoms with van der Waals surface area (Å²) in [5.41, 5.74) is 1.12. The van der Waals surface area contributed by atoms with Gasteiger partial charge in [-0.3, -0.25) is 4.79 Å². The minimum atomic E-state index is -0.210. The first kappa shape index (κ1) is 14.1. The maximum Gasteiger partial charge on any atom is 0.242 e. The highest BCUT2D eigenvalue weighted by Gasteiger charge is 2.24. The zero-order valence-corrected chi connectivity index (χ0v) is 12.0. The Bertz CT molecular complexity index is 421. The van der Waals surface area contributed by atoms with Crippen molar-refractivity contribution in [2.24, 2.45) is 5.92 Å². The van der Waals surface area contributed by atoms with Gasteiger partial charge in [-0.15, -0.1) is 0 Å². The molecule has 1 aromatic heterocycles. The second kappa shape index (κ2) is 6.19. The van der Waals surface area contributed by atoms with Gasteiger partial charge in [-0.05, 0) is 32.2 Å². The Hall–Kier alpha value is -1.36. The molecular formula is C14H24N4O. The predicted octanol–water partition coefficient (Wildman–Crippen LogP) is 1.64. The fourth-order valence-corrected chi connectivity index (χ4v) is 2.42. The highest BCUT2D eigenvalue weighted by atomic mass is 16.2. The summed E-state index contributed by atoms with van der Waals surface area (Å²) in [6.45, 7) is 7.88. The Kier molecular flexibility index (Phi) is 4.58. The molecule has 0 saturated carbocycles. The molecule has 2 atom stereocenters. The maximum atomic E-state index is 12.1. The van der Waals surface area contributed by atoms with E-state index in [1.807, 2.05) is 17.7 Å². The minimum Gasteiger partial charge on any atom is -0.354 e. The van der Waals surface area contributed by atoms with Gasteiger partial charge in [-0.1, -0.05) is 13.8 Å². The van der Waals surface area contributed by atoms with Crippen molar-refractivity contribution in [3.05, 3.63) is 18.2 Å². The summed E-state index contributed by atoms with van der Waals surface area (Å²) in [7, 11) is 0. The first-order chi connectivity index (χ1) is 9.09. The summed E-state index contributed by atoms with van der Waals surface area (Å²) in [5, 5.41) is 6.43. The third-order valence-electron chi connectivity index (χ3n) is 3.59. The number of nitrogens with one attached hydrogen (secondary N) is 2. The van der Waals surface area contributed by atoms with E-state index in [9.17, 15) is 4.79 Å². The predicted molar refractivity (Wildman–Crippen MR) is 74.8 cm³/mol. The Morgan fingerprint density at radius 1 is 1.58 bits per heavy atom. The van der Waals surface area contributed by atoms with Crippen molar-refractivity contribution in [3.8, 4) is 0 Å². The average Bonchev–Trinajstić information content (AvgIpc) is 3.03. The molecule has 1 aliphatic rings. The smallest absolute Gasteiger partial charge is 0.242 e. The van der Waals surface area contributed by atoms with Gasteiger partial charge in [0, 0.05) is 18.8 Å². The van der Waals surface area contributed by atoms with Gasteiger partial charge in [0.05, 0.1) is 12.0 Å². The minimum absolute atomic E-state index is 0.0611. The van der Waals surface area contributed by atoms with Crippen LogP contribution in [0.4, 0.5) is 0 Å². The number of carbonyl (C=O) groups is 1. The van der Waals surface area contributed by atoms with Crippen LogP contribution in [0.2, 0.25) is 0 Å². The summed E-state index contributed by atoms with van der Waals surface area (Å²) in [6, 6.07) is 0.126. The van der Waals surface area contributed by atoms with E-state index in [-0.39, 0.29) is 11.9 Å². The summed E-state index contributed by atoms with van der Waals surface area (Å²) >= 11 is 0. The van der Waals surface area contributed by atoms with Gasteiger partial charge in [0.2, 0.25) is 5.91 Å². The number of hydrogen-bond acceptors (Lipinski definition) is 3. The molecule has 1 fully saturated rings. The quantitative estimate of drug-likeness (QED) is 0.850. The molecule has 5 nitrogen and oxygen atoms in total. The van der Waals surface area contributed by atoms with Crippen molar-refractivity contribution in [2.45, 2.75) is 45.7 Å². The number of nitrogens with zero attached hydrogens (tertiary/aromatic N) is 2. The molecule has 2 N–H and O–H groups in total. The van der Waals surface area contributed by atoms with Crippen LogP contribution >= 0.6 is 0 Å². The van der Waals surface area contributed by atoms with Gasteiger partial charge in [0.15, 0.2) is 0 Å². The van der Waals surface area contributed by atoms with E-state index in [1.165, 1.54) is 6.42 Å². The first-order valence-electron chi connectivity index (χ1n) is 7.12. The lowest BCUT2D eigenvalue weighted by Crippen LogP contribution is -2.34. The number of aromatic nitrogens is 2. The Balaban J connectivity index is 2.04. The highest BCUT2D eigenvalue weighted by molar-refractivity contribution is 5.79. The Labute approximate surface area is 114 Å². The van der Waals surface area contributed by atoms with Crippen molar-refractivity contribution >= 4 is 5.91 Å². The molecule has 1 aliphatic heterocycles. The number of imidazole rings is 1. The van der Waals surface area contributed by atoms with Crippen LogP contribution in [0.15, 0.2) is 12.5 Å². The zero-order chi connectivity index (χ0) is 13.8. The molecule has 106 valence electrons. The molecule has 1 amide bonds. The normalized spacial score (nSPS) is 20.7. The number of amides is 1. The average molecular weight is 264 g/mol. The van der Waals surface area contributed by atoms with E-state index in [0.717, 1.165) is 25.2 Å². The molecule has 19 heavy (non-hydrogen) atoms. The topological polar surface area (TPSA) is 59.0 Å². The van der Waals surface area contributed by atoms with Crippen LogP contribution < -0.4 is 10.6 Å². The zero-order valence-electron chi connectivity index (χ0n) is 12.0. The Morgan fingerprint density at radius 3 is 3.00 bits per heavy atom. The van der Waals surface area contributed by atoms with E-state index in [0.29, 0.717) is 12.0 Å². The van der Waals surface area contributed by atoms with Gasteiger partial charge < -0.3 is 15.2 Å². The molecule has 1 saturated heterocycles. The van der Waals surface area contributed by atoms with Crippen LogP contribution in [0.5, 0.6) is 0 Å². The molecule has 0 spiro atoms. The molecule has 0 radical (unpaired) electrons. The summed E-state index contributed by atoms with van der Waals surface area (Å²) in [5.74, 6) is 0.529. The third-order valence-corrected chi connectivity index (χ3v) is 3.59. The maximum absolute atomic E-state index is 12.1. The molecule has 2 rings (SSSR count). The van der Waals surface area contributed by atoms with Crippen LogP contribution in [-0.2, 0) is 4.79 Å². The van der Waals surface area contributed by atoms with Crippen molar-refractivity contribution in [1.82, 2.24) is 20.2 Å². The molecule has 0 aromatic carbocycles. The van der Waals surface area contributed by atoms with E-state index in [1.54, 1.807) is 6.33 Å². The lowest BCUT2D eigenvalue weighted by Gasteiger charge is -2.20. The highest BCUT2D eigenvalue weighted by Crippen LogP contribution is 2.24. The summed E-state index contributed by atoms with van der Waals surface area (Å²) < 4.78 is 1.98. The second-order valence-electron chi connectivity index (χ2n) is 5.69. The lowest BCUT2D eigenvalue weighted by atomic mass is 10.1. The second-order valence-corrected chi connectivity index (χ2v) is 5.69. The SMILES string of the molecule is CC(C)CNC(=O)C(C)n1cncc1[C@@H]1CCCN1. The van der Waals surface area contributed by atoms with Gasteiger partial charge in [-0.2, -0.15) is 0 Å². The van der Waals surface area contributed by atoms with Crippen LogP contribution in [0, 0.1) is 5.92 Å². The van der Waals surface area contributed by atoms with Crippen molar-refractivity contribution in [2.75, 3.05) is 13.1 Å². The third kappa shape index (κ3) is 3.35. The monoisotopic (exact) mass is 264 g/mol. The fourth-order valence-electron chi connectivity index (χ4n) is 2.42. The number of rotatable bonds is 5. The molecule has 5 heteroatoms. The van der Waals surface area contributed by atoms with Gasteiger partial charge in [0.1, 0.15) is 6.04 Å². The van der Waals surface area contributed by atoms with Crippen molar-refractivity contribution < 1.29 is 4.79 Å². The van der Waals surface area contributed by atoms with Gasteiger partial charge in [0.25, 0.3) is 0 Å². The molecule has 2 heterocycles. The summed E-state index contributed by atoms with van der Waals surface area (Å²) in [6.07, 6.45) is 5.93. The van der Waals surface area contributed by atoms with E-state index in [2.05, 4.69) is 29.5 Å². The van der Waals surface area contributed by atoms with Crippen molar-refractivity contribution in [3.63, 3.8) is 0 Å². The summed E-state index contributed by atoms with van der Waals surface area (Å²) in [4.78, 5) is 16.3. The molecule has 1 aromatic rings. The van der Waals surface area contributed by atoms with E-state index >= 15 is 0 Å². The van der Waals surface area contributed by atoms with Gasteiger partial charge in [-0.25, -0.2) is 4.98 Å². The largest absolute Gasteiger partial charge is 0.354 e. The molecular weight excluding hydrogens is 240 g/mol. The Morgan fingerprint density at radius 2 is 2.37 bits per heavy atom. The number of hydrogen-bond donors (Lipinski definition) is 2. The van der Waals surface area contributed by atoms with Crippen LogP contribution in [0.3, 0.4) is 0 Å². The van der Waals surface area contributed by atoms with Crippen LogP contribution in [-0.4, -0.2) is 28.5 Å².